The summed E-state index contributed by atoms with van der Waals surface area (Å²) in [5.41, 5.74) is 0.874. The standard InChI is InChI=1S/C20H14O6/c1-20(2)12-6-4-10-14(9(12)5-7-13(20)21)16(22)17(23)15-11(19(24)25-3)8-26-18(10)15/h4-8H,1-3H3. The van der Waals surface area contributed by atoms with Gasteiger partial charge in [0, 0.05) is 11.1 Å². The second-order valence-corrected chi connectivity index (χ2v) is 6.78. The minimum Gasteiger partial charge on any atom is -0.465 e. The van der Waals surface area contributed by atoms with E-state index in [4.69, 9.17) is 4.42 Å². The van der Waals surface area contributed by atoms with Crippen LogP contribution < -0.4 is 0 Å². The molecule has 1 aromatic carbocycles. The monoisotopic (exact) mass is 350 g/mol. The van der Waals surface area contributed by atoms with Crippen LogP contribution in [0.1, 0.15) is 56.0 Å². The van der Waals surface area contributed by atoms with Crippen molar-refractivity contribution in [3.05, 3.63) is 52.3 Å². The summed E-state index contributed by atoms with van der Waals surface area (Å²) in [5, 5.41) is 0. The first kappa shape index (κ1) is 16.2. The van der Waals surface area contributed by atoms with Gasteiger partial charge in [0.25, 0.3) is 0 Å². The summed E-state index contributed by atoms with van der Waals surface area (Å²) in [6.45, 7) is 3.54. The Balaban J connectivity index is 2.04. The van der Waals surface area contributed by atoms with Gasteiger partial charge in [0.1, 0.15) is 17.6 Å². The van der Waals surface area contributed by atoms with Gasteiger partial charge in [0.2, 0.25) is 11.6 Å². The number of furan rings is 1. The van der Waals surface area contributed by atoms with Crippen molar-refractivity contribution in [2.45, 2.75) is 19.3 Å². The fourth-order valence-corrected chi connectivity index (χ4v) is 3.54. The van der Waals surface area contributed by atoms with Crippen LogP contribution in [0.4, 0.5) is 0 Å². The zero-order valence-electron chi connectivity index (χ0n) is 14.3. The molecule has 0 unspecified atom stereocenters. The molecule has 1 aromatic heterocycles. The Morgan fingerprint density at radius 1 is 1.04 bits per heavy atom. The molecular formula is C20H14O6. The van der Waals surface area contributed by atoms with Gasteiger partial charge in [-0.1, -0.05) is 18.2 Å². The number of hydrogen-bond acceptors (Lipinski definition) is 6. The van der Waals surface area contributed by atoms with E-state index in [1.165, 1.54) is 13.2 Å². The van der Waals surface area contributed by atoms with Gasteiger partial charge in [0.15, 0.2) is 5.78 Å². The van der Waals surface area contributed by atoms with Crippen LogP contribution in [0.3, 0.4) is 0 Å². The Morgan fingerprint density at radius 2 is 1.73 bits per heavy atom. The van der Waals surface area contributed by atoms with Crippen LogP contribution >= 0.6 is 0 Å². The predicted octanol–water partition coefficient (Wildman–Crippen LogP) is 2.99. The molecular weight excluding hydrogens is 336 g/mol. The Morgan fingerprint density at radius 3 is 2.42 bits per heavy atom. The molecule has 0 radical (unpaired) electrons. The number of benzene rings is 1. The summed E-state index contributed by atoms with van der Waals surface area (Å²) in [6, 6.07) is 3.40. The van der Waals surface area contributed by atoms with Gasteiger partial charge < -0.3 is 9.15 Å². The molecule has 0 atom stereocenters. The van der Waals surface area contributed by atoms with E-state index in [-0.39, 0.29) is 28.2 Å². The van der Waals surface area contributed by atoms with Crippen LogP contribution in [0.15, 0.2) is 28.9 Å². The molecule has 130 valence electrons. The maximum atomic E-state index is 12.8. The third-order valence-corrected chi connectivity index (χ3v) is 5.04. The van der Waals surface area contributed by atoms with Crippen molar-refractivity contribution >= 4 is 29.4 Å². The molecule has 0 amide bonds. The molecule has 26 heavy (non-hydrogen) atoms. The van der Waals surface area contributed by atoms with Crippen LogP contribution in [-0.4, -0.2) is 30.4 Å². The fraction of sp³-hybridized carbons (Fsp3) is 0.200. The highest BCUT2D eigenvalue weighted by atomic mass is 16.5. The number of ketones is 3. The Bertz CT molecular complexity index is 1060. The SMILES string of the molecule is COC(=O)c1coc2c1C(=O)C(=O)c1c-2ccc2c1C=CC(=O)C2(C)C. The minimum atomic E-state index is -0.821. The number of ether oxygens (including phenoxy) is 1. The van der Waals surface area contributed by atoms with Gasteiger partial charge >= 0.3 is 5.97 Å². The zero-order valence-corrected chi connectivity index (χ0v) is 14.3. The highest BCUT2D eigenvalue weighted by Gasteiger charge is 2.42. The molecule has 0 aliphatic heterocycles. The van der Waals surface area contributed by atoms with E-state index >= 15 is 0 Å². The summed E-state index contributed by atoms with van der Waals surface area (Å²) in [5.74, 6) is -2.21. The van der Waals surface area contributed by atoms with E-state index in [1.54, 1.807) is 32.1 Å². The number of Topliss-reactive ketones (excluding diaryl/α,β-unsaturated/α-hetero) is 2. The number of hydrogen-bond donors (Lipinski definition) is 0. The lowest BCUT2D eigenvalue weighted by atomic mass is 9.71. The highest BCUT2D eigenvalue weighted by Crippen LogP contribution is 2.43. The van der Waals surface area contributed by atoms with E-state index in [0.717, 1.165) is 6.26 Å². The summed E-state index contributed by atoms with van der Waals surface area (Å²) in [4.78, 5) is 49.6. The maximum Gasteiger partial charge on any atom is 0.341 e. The van der Waals surface area contributed by atoms with Crippen molar-refractivity contribution in [1.29, 1.82) is 0 Å². The zero-order chi connectivity index (χ0) is 18.8. The van der Waals surface area contributed by atoms with E-state index in [0.29, 0.717) is 16.7 Å². The first-order valence-corrected chi connectivity index (χ1v) is 7.98. The lowest BCUT2D eigenvalue weighted by molar-refractivity contribution is -0.118. The molecule has 2 aliphatic carbocycles. The van der Waals surface area contributed by atoms with Gasteiger partial charge in [-0.2, -0.15) is 0 Å². The summed E-state index contributed by atoms with van der Waals surface area (Å²) in [6.07, 6.45) is 4.10. The summed E-state index contributed by atoms with van der Waals surface area (Å²) >= 11 is 0. The van der Waals surface area contributed by atoms with Crippen LogP contribution in [0.25, 0.3) is 17.4 Å². The Kier molecular flexibility index (Phi) is 3.18. The van der Waals surface area contributed by atoms with E-state index < -0.39 is 23.0 Å². The fourth-order valence-electron chi connectivity index (χ4n) is 3.54. The second-order valence-electron chi connectivity index (χ2n) is 6.78. The van der Waals surface area contributed by atoms with Crippen molar-refractivity contribution in [2.75, 3.05) is 7.11 Å². The number of methoxy groups -OCH3 is 1. The number of allylic oxidation sites excluding steroid dienone is 1. The van der Waals surface area contributed by atoms with Gasteiger partial charge in [-0.3, -0.25) is 14.4 Å². The van der Waals surface area contributed by atoms with E-state index in [1.807, 2.05) is 0 Å². The van der Waals surface area contributed by atoms with Gasteiger partial charge in [0.05, 0.1) is 18.1 Å². The smallest absolute Gasteiger partial charge is 0.341 e. The van der Waals surface area contributed by atoms with Crippen molar-refractivity contribution in [2.24, 2.45) is 0 Å². The molecule has 0 saturated carbocycles. The average Bonchev–Trinajstić information content (AvgIpc) is 3.06. The van der Waals surface area contributed by atoms with E-state index in [2.05, 4.69) is 4.74 Å². The molecule has 2 aromatic rings. The topological polar surface area (TPSA) is 90.7 Å². The number of carbonyl (C=O) groups is 4. The van der Waals surface area contributed by atoms with Crippen molar-refractivity contribution in [3.8, 4) is 11.3 Å². The normalized spacial score (nSPS) is 16.8. The minimum absolute atomic E-state index is 0.0738. The van der Waals surface area contributed by atoms with Gasteiger partial charge in [-0.25, -0.2) is 4.79 Å². The number of carbonyl (C=O) groups excluding carboxylic acids is 4. The molecule has 6 heteroatoms. The number of rotatable bonds is 1. The summed E-state index contributed by atoms with van der Waals surface area (Å²) in [7, 11) is 1.19. The van der Waals surface area contributed by atoms with Crippen molar-refractivity contribution < 1.29 is 28.3 Å². The highest BCUT2D eigenvalue weighted by molar-refractivity contribution is 6.54. The Labute approximate surface area is 148 Å². The Hall–Kier alpha value is -3.28. The quantitative estimate of drug-likeness (QED) is 0.580. The summed E-state index contributed by atoms with van der Waals surface area (Å²) < 4.78 is 10.1. The number of esters is 1. The molecule has 0 N–H and O–H groups in total. The third kappa shape index (κ3) is 1.87. The first-order chi connectivity index (χ1) is 12.3. The molecule has 2 aliphatic rings. The average molecular weight is 350 g/mol. The van der Waals surface area contributed by atoms with Crippen LogP contribution in [-0.2, 0) is 14.9 Å². The maximum absolute atomic E-state index is 12.8. The van der Waals surface area contributed by atoms with Gasteiger partial charge in [-0.15, -0.1) is 0 Å². The molecule has 0 bridgehead atoms. The molecule has 0 spiro atoms. The lowest BCUT2D eigenvalue weighted by Gasteiger charge is -2.30. The van der Waals surface area contributed by atoms with Crippen LogP contribution in [0.2, 0.25) is 0 Å². The van der Waals surface area contributed by atoms with Crippen LogP contribution in [0.5, 0.6) is 0 Å². The second kappa shape index (κ2) is 5.11. The lowest BCUT2D eigenvalue weighted by Crippen LogP contribution is -2.33. The molecule has 0 fully saturated rings. The van der Waals surface area contributed by atoms with Crippen molar-refractivity contribution in [1.82, 2.24) is 0 Å². The first-order valence-electron chi connectivity index (χ1n) is 7.98. The number of fused-ring (bicyclic) bond motifs is 5. The molecule has 0 saturated heterocycles. The molecule has 1 heterocycles. The van der Waals surface area contributed by atoms with E-state index in [9.17, 15) is 19.2 Å². The predicted molar refractivity (Wildman–Crippen MR) is 91.2 cm³/mol. The van der Waals surface area contributed by atoms with Crippen molar-refractivity contribution in [3.63, 3.8) is 0 Å². The molecule has 6 nitrogen and oxygen atoms in total. The molecule has 4 rings (SSSR count). The van der Waals surface area contributed by atoms with Gasteiger partial charge in [-0.05, 0) is 31.1 Å². The van der Waals surface area contributed by atoms with Crippen LogP contribution in [0, 0.1) is 0 Å². The largest absolute Gasteiger partial charge is 0.465 e. The third-order valence-electron chi connectivity index (χ3n) is 5.04.